The van der Waals surface area contributed by atoms with Crippen molar-refractivity contribution in [3.05, 3.63) is 29.3 Å². The number of hydrogen-bond donors (Lipinski definition) is 1. The van der Waals surface area contributed by atoms with Crippen LogP contribution in [0.4, 0.5) is 13.2 Å². The predicted octanol–water partition coefficient (Wildman–Crippen LogP) is 2.62. The summed E-state index contributed by atoms with van der Waals surface area (Å²) >= 11 is 5.62. The van der Waals surface area contributed by atoms with Crippen molar-refractivity contribution >= 4 is 11.6 Å². The van der Waals surface area contributed by atoms with E-state index >= 15 is 0 Å². The van der Waals surface area contributed by atoms with Crippen molar-refractivity contribution in [2.45, 2.75) is 12.5 Å². The number of aliphatic hydroxyl groups is 1. The van der Waals surface area contributed by atoms with Gasteiger partial charge in [-0.15, -0.1) is 13.2 Å². The lowest BCUT2D eigenvalue weighted by Crippen LogP contribution is -2.27. The molecule has 1 unspecified atom stereocenters. The highest BCUT2D eigenvalue weighted by Gasteiger charge is 2.30. The minimum atomic E-state index is -4.75. The Labute approximate surface area is 101 Å². The molecule has 0 bridgehead atoms. The third-order valence-electron chi connectivity index (χ3n) is 1.70. The molecule has 0 saturated carbocycles. The summed E-state index contributed by atoms with van der Waals surface area (Å²) < 4.78 is 43.4. The van der Waals surface area contributed by atoms with Gasteiger partial charge < -0.3 is 9.84 Å². The van der Waals surface area contributed by atoms with E-state index in [-0.39, 0.29) is 6.61 Å². The molecule has 0 aliphatic heterocycles. The van der Waals surface area contributed by atoms with Crippen LogP contribution in [-0.2, 0) is 4.74 Å². The number of halogens is 4. The van der Waals surface area contributed by atoms with Gasteiger partial charge in [0.15, 0.2) is 0 Å². The zero-order chi connectivity index (χ0) is 12.9. The highest BCUT2D eigenvalue weighted by molar-refractivity contribution is 6.30. The molecule has 0 saturated heterocycles. The molecule has 1 rings (SSSR count). The molecular formula is C10H10ClF3O3. The number of aliphatic hydroxyl groups excluding tert-OH is 1. The van der Waals surface area contributed by atoms with Gasteiger partial charge in [0.2, 0.25) is 0 Å². The number of ether oxygens (including phenoxy) is 2. The van der Waals surface area contributed by atoms with Crippen LogP contribution in [0.2, 0.25) is 5.02 Å². The van der Waals surface area contributed by atoms with E-state index in [9.17, 15) is 13.2 Å². The summed E-state index contributed by atoms with van der Waals surface area (Å²) in [5.41, 5.74) is 0. The molecule has 1 aromatic carbocycles. The molecular weight excluding hydrogens is 261 g/mol. The van der Waals surface area contributed by atoms with Gasteiger partial charge in [0.05, 0.1) is 6.61 Å². The highest BCUT2D eigenvalue weighted by Crippen LogP contribution is 2.17. The van der Waals surface area contributed by atoms with Crippen molar-refractivity contribution < 1.29 is 27.8 Å². The van der Waals surface area contributed by atoms with Crippen molar-refractivity contribution in [2.75, 3.05) is 13.2 Å². The molecule has 0 heterocycles. The van der Waals surface area contributed by atoms with E-state index in [0.717, 1.165) is 0 Å². The fraction of sp³-hybridized carbons (Fsp3) is 0.400. The van der Waals surface area contributed by atoms with Crippen molar-refractivity contribution in [1.29, 1.82) is 0 Å². The van der Waals surface area contributed by atoms with E-state index in [4.69, 9.17) is 21.4 Å². The Morgan fingerprint density at radius 3 is 2.29 bits per heavy atom. The Morgan fingerprint density at radius 2 is 1.76 bits per heavy atom. The number of rotatable bonds is 5. The number of hydrogen-bond acceptors (Lipinski definition) is 3. The van der Waals surface area contributed by atoms with Gasteiger partial charge in [0.25, 0.3) is 0 Å². The average Bonchev–Trinajstić information content (AvgIpc) is 2.25. The normalized spacial score (nSPS) is 13.5. The van der Waals surface area contributed by atoms with Crippen molar-refractivity contribution in [2.24, 2.45) is 0 Å². The third-order valence-corrected chi connectivity index (χ3v) is 1.95. The minimum Gasteiger partial charge on any atom is -0.491 e. The molecule has 7 heteroatoms. The molecule has 0 aromatic heterocycles. The lowest BCUT2D eigenvalue weighted by molar-refractivity contribution is -0.331. The summed E-state index contributed by atoms with van der Waals surface area (Å²) in [4.78, 5) is 0. The summed E-state index contributed by atoms with van der Waals surface area (Å²) in [7, 11) is 0. The third kappa shape index (κ3) is 6.35. The molecule has 1 atom stereocenters. The van der Waals surface area contributed by atoms with E-state index in [1.807, 2.05) is 0 Å². The number of alkyl halides is 3. The average molecular weight is 271 g/mol. The second-order valence-corrected chi connectivity index (χ2v) is 3.61. The lowest BCUT2D eigenvalue weighted by atomic mass is 10.3. The van der Waals surface area contributed by atoms with E-state index in [0.29, 0.717) is 10.8 Å². The predicted molar refractivity (Wildman–Crippen MR) is 55.0 cm³/mol. The molecule has 1 aromatic rings. The zero-order valence-corrected chi connectivity index (χ0v) is 9.33. The molecule has 0 amide bonds. The first kappa shape index (κ1) is 14.1. The molecule has 0 aliphatic rings. The Morgan fingerprint density at radius 1 is 1.18 bits per heavy atom. The van der Waals surface area contributed by atoms with Crippen LogP contribution in [0.5, 0.6) is 5.75 Å². The van der Waals surface area contributed by atoms with Gasteiger partial charge in [-0.1, -0.05) is 11.6 Å². The molecule has 0 aliphatic carbocycles. The van der Waals surface area contributed by atoms with Crippen LogP contribution in [0.15, 0.2) is 24.3 Å². The van der Waals surface area contributed by atoms with Crippen LogP contribution < -0.4 is 4.74 Å². The first-order valence-corrected chi connectivity index (χ1v) is 5.02. The SMILES string of the molecule is OC(COc1ccc(Cl)cc1)COC(F)(F)F. The Balaban J connectivity index is 2.28. The quantitative estimate of drug-likeness (QED) is 0.894. The van der Waals surface area contributed by atoms with E-state index < -0.39 is 19.1 Å². The Kier molecular flexibility index (Phi) is 5.04. The maximum absolute atomic E-state index is 11.6. The highest BCUT2D eigenvalue weighted by atomic mass is 35.5. The lowest BCUT2D eigenvalue weighted by Gasteiger charge is -2.13. The second-order valence-electron chi connectivity index (χ2n) is 3.18. The molecule has 96 valence electrons. The van der Waals surface area contributed by atoms with Gasteiger partial charge in [-0.25, -0.2) is 0 Å². The van der Waals surface area contributed by atoms with Crippen LogP contribution in [0.3, 0.4) is 0 Å². The standard InChI is InChI=1S/C10H10ClF3O3/c11-7-1-3-9(4-2-7)16-5-8(15)6-17-10(12,13)14/h1-4,8,15H,5-6H2. The Bertz CT molecular complexity index is 340. The summed E-state index contributed by atoms with van der Waals surface area (Å²) in [6.07, 6.45) is -6.10. The van der Waals surface area contributed by atoms with Gasteiger partial charge in [-0.05, 0) is 24.3 Å². The van der Waals surface area contributed by atoms with Gasteiger partial charge in [-0.3, -0.25) is 4.74 Å². The maximum Gasteiger partial charge on any atom is 0.522 e. The van der Waals surface area contributed by atoms with Gasteiger partial charge in [0.1, 0.15) is 18.5 Å². The molecule has 3 nitrogen and oxygen atoms in total. The zero-order valence-electron chi connectivity index (χ0n) is 8.58. The van der Waals surface area contributed by atoms with Gasteiger partial charge in [-0.2, -0.15) is 0 Å². The van der Waals surface area contributed by atoms with Crippen LogP contribution >= 0.6 is 11.6 Å². The fourth-order valence-corrected chi connectivity index (χ4v) is 1.09. The molecule has 0 spiro atoms. The smallest absolute Gasteiger partial charge is 0.491 e. The van der Waals surface area contributed by atoms with Gasteiger partial charge >= 0.3 is 6.36 Å². The molecule has 1 N–H and O–H groups in total. The first-order chi connectivity index (χ1) is 7.87. The van der Waals surface area contributed by atoms with Crippen LogP contribution in [0, 0.1) is 0 Å². The molecule has 0 radical (unpaired) electrons. The van der Waals surface area contributed by atoms with Crippen molar-refractivity contribution in [3.63, 3.8) is 0 Å². The van der Waals surface area contributed by atoms with Crippen molar-refractivity contribution in [1.82, 2.24) is 0 Å². The summed E-state index contributed by atoms with van der Waals surface area (Å²) in [5.74, 6) is 0.403. The molecule has 17 heavy (non-hydrogen) atoms. The number of benzene rings is 1. The van der Waals surface area contributed by atoms with Crippen LogP contribution in [0.1, 0.15) is 0 Å². The van der Waals surface area contributed by atoms with E-state index in [1.165, 1.54) is 0 Å². The molecule has 0 fully saturated rings. The minimum absolute atomic E-state index is 0.294. The van der Waals surface area contributed by atoms with E-state index in [1.54, 1.807) is 24.3 Å². The summed E-state index contributed by atoms with van der Waals surface area (Å²) in [6.45, 7) is -1.16. The Hall–Kier alpha value is -0.980. The van der Waals surface area contributed by atoms with Crippen molar-refractivity contribution in [3.8, 4) is 5.75 Å². The van der Waals surface area contributed by atoms with Gasteiger partial charge in [0, 0.05) is 5.02 Å². The van der Waals surface area contributed by atoms with E-state index in [2.05, 4.69) is 4.74 Å². The summed E-state index contributed by atoms with van der Waals surface area (Å²) in [6, 6.07) is 6.21. The first-order valence-electron chi connectivity index (χ1n) is 4.64. The maximum atomic E-state index is 11.6. The second kappa shape index (κ2) is 6.09. The fourth-order valence-electron chi connectivity index (χ4n) is 0.962. The van der Waals surface area contributed by atoms with Crippen LogP contribution in [-0.4, -0.2) is 30.8 Å². The topological polar surface area (TPSA) is 38.7 Å². The van der Waals surface area contributed by atoms with Crippen LogP contribution in [0.25, 0.3) is 0 Å². The monoisotopic (exact) mass is 270 g/mol. The largest absolute Gasteiger partial charge is 0.522 e. The summed E-state index contributed by atoms with van der Waals surface area (Å²) in [5, 5.41) is 9.66.